The van der Waals surface area contributed by atoms with Gasteiger partial charge in [0.25, 0.3) is 0 Å². The zero-order valence-corrected chi connectivity index (χ0v) is 42.6. The molecule has 0 aromatic heterocycles. The normalized spacial score (nSPS) is 17.2. The molecule has 2 unspecified atom stereocenters. The van der Waals surface area contributed by atoms with E-state index >= 15 is 0 Å². The van der Waals surface area contributed by atoms with Crippen LogP contribution < -0.4 is 9.47 Å². The molecule has 2 aromatic rings. The maximum atomic E-state index is 7.13. The van der Waals surface area contributed by atoms with Crippen LogP contribution in [-0.2, 0) is 36.5 Å². The van der Waals surface area contributed by atoms with Crippen LogP contribution >= 0.6 is 0 Å². The monoisotopic (exact) mass is 845 g/mol. The number of hydrogen-bond acceptors (Lipinski definition) is 4. The fraction of sp³-hybridized carbons (Fsp3) is 0.789. The molecule has 0 saturated carbocycles. The molecule has 2 aliphatic rings. The summed E-state index contributed by atoms with van der Waals surface area (Å²) in [7, 11) is 0. The van der Waals surface area contributed by atoms with Crippen LogP contribution in [0.4, 0.5) is 0 Å². The van der Waals surface area contributed by atoms with Crippen LogP contribution in [0.15, 0.2) is 24.3 Å². The Morgan fingerprint density at radius 1 is 0.426 bits per heavy atom. The molecule has 0 radical (unpaired) electrons. The van der Waals surface area contributed by atoms with Crippen molar-refractivity contribution >= 4 is 0 Å². The Hall–Kier alpha value is -2.04. The standard InChI is InChI=1S/C57H96O4/c1-15-19-23-31-53(5,6)47-37-43(38-48(54(7,8)32-24-20-16-2)51(47)58-35-27-29-45-41-60-45)57(13,14)44-39-49(55(9,10)33-25-21-17-3)52(59-36-28-30-46-42-61-46)50(40-44)56(11,12)34-26-22-18-4/h37-40,45-46H,15-36,41-42H2,1-14H3. The first-order valence-corrected chi connectivity index (χ1v) is 25.7. The van der Waals surface area contributed by atoms with Crippen molar-refractivity contribution in [1.82, 2.24) is 0 Å². The number of unbranched alkanes of at least 4 members (excludes halogenated alkanes) is 8. The van der Waals surface area contributed by atoms with Gasteiger partial charge in [-0.05, 0) is 84.2 Å². The smallest absolute Gasteiger partial charge is 0.126 e. The van der Waals surface area contributed by atoms with Gasteiger partial charge in [-0.3, -0.25) is 0 Å². The lowest BCUT2D eigenvalue weighted by Gasteiger charge is -2.39. The van der Waals surface area contributed by atoms with E-state index in [1.54, 1.807) is 0 Å². The SMILES string of the molecule is CCCCCC(C)(C)c1cc(C(C)(C)c2cc(C(C)(C)CCCCC)c(OCCCC3CO3)c(C(C)(C)CCCCC)c2)cc(C(C)(C)CCCCC)c1OCCCC1CO1. The number of ether oxygens (including phenoxy) is 4. The van der Waals surface area contributed by atoms with Gasteiger partial charge in [0.1, 0.15) is 11.5 Å². The van der Waals surface area contributed by atoms with Crippen LogP contribution in [-0.4, -0.2) is 38.6 Å². The van der Waals surface area contributed by atoms with Crippen molar-refractivity contribution < 1.29 is 18.9 Å². The first-order valence-electron chi connectivity index (χ1n) is 25.7. The average molecular weight is 845 g/mol. The zero-order valence-electron chi connectivity index (χ0n) is 42.6. The number of rotatable bonds is 32. The fourth-order valence-corrected chi connectivity index (χ4v) is 9.71. The van der Waals surface area contributed by atoms with Gasteiger partial charge in [0.2, 0.25) is 0 Å². The molecule has 4 rings (SSSR count). The van der Waals surface area contributed by atoms with E-state index in [1.807, 2.05) is 0 Å². The molecule has 0 spiro atoms. The Morgan fingerprint density at radius 2 is 0.689 bits per heavy atom. The van der Waals surface area contributed by atoms with Crippen LogP contribution in [0, 0.1) is 0 Å². The van der Waals surface area contributed by atoms with E-state index in [1.165, 1.54) is 110 Å². The summed E-state index contributed by atoms with van der Waals surface area (Å²) in [5.74, 6) is 2.32. The van der Waals surface area contributed by atoms with Crippen LogP contribution in [0.3, 0.4) is 0 Å². The van der Waals surface area contributed by atoms with Crippen molar-refractivity contribution in [3.63, 3.8) is 0 Å². The first kappa shape index (κ1) is 51.6. The highest BCUT2D eigenvalue weighted by Gasteiger charge is 2.39. The van der Waals surface area contributed by atoms with Crippen LogP contribution in [0.25, 0.3) is 0 Å². The van der Waals surface area contributed by atoms with E-state index in [-0.39, 0.29) is 27.1 Å². The van der Waals surface area contributed by atoms with Gasteiger partial charge in [-0.15, -0.1) is 0 Å². The van der Waals surface area contributed by atoms with Crippen molar-refractivity contribution in [3.05, 3.63) is 57.6 Å². The summed E-state index contributed by atoms with van der Waals surface area (Å²) in [5.41, 5.74) is 8.00. The van der Waals surface area contributed by atoms with Crippen LogP contribution in [0.5, 0.6) is 11.5 Å². The molecular weight excluding hydrogens is 749 g/mol. The lowest BCUT2D eigenvalue weighted by molar-refractivity contribution is 0.274. The average Bonchev–Trinajstić information content (AvgIpc) is 4.15. The van der Waals surface area contributed by atoms with E-state index in [9.17, 15) is 0 Å². The highest BCUT2D eigenvalue weighted by Crippen LogP contribution is 2.50. The van der Waals surface area contributed by atoms with Gasteiger partial charge < -0.3 is 18.9 Å². The van der Waals surface area contributed by atoms with Crippen molar-refractivity contribution in [2.45, 2.75) is 265 Å². The molecule has 2 fully saturated rings. The molecule has 348 valence electrons. The molecule has 2 aromatic carbocycles. The van der Waals surface area contributed by atoms with Gasteiger partial charge in [0, 0.05) is 27.7 Å². The summed E-state index contributed by atoms with van der Waals surface area (Å²) in [5, 5.41) is 0. The Bertz CT molecular complexity index is 1400. The molecule has 0 bridgehead atoms. The second-order valence-corrected chi connectivity index (χ2v) is 22.7. The quantitative estimate of drug-likeness (QED) is 0.0544. The van der Waals surface area contributed by atoms with Crippen molar-refractivity contribution in [1.29, 1.82) is 0 Å². The van der Waals surface area contributed by atoms with E-state index in [2.05, 4.69) is 121 Å². The molecule has 2 heterocycles. The molecule has 2 aliphatic heterocycles. The Balaban J connectivity index is 1.98. The highest BCUT2D eigenvalue weighted by molar-refractivity contribution is 5.58. The second-order valence-electron chi connectivity index (χ2n) is 22.7. The molecule has 0 amide bonds. The molecule has 61 heavy (non-hydrogen) atoms. The third kappa shape index (κ3) is 15.0. The van der Waals surface area contributed by atoms with E-state index < -0.39 is 0 Å². The number of hydrogen-bond donors (Lipinski definition) is 0. The second kappa shape index (κ2) is 23.2. The topological polar surface area (TPSA) is 43.5 Å². The van der Waals surface area contributed by atoms with Crippen molar-refractivity contribution in [3.8, 4) is 11.5 Å². The summed E-state index contributed by atoms with van der Waals surface area (Å²) in [4.78, 5) is 0. The fourth-order valence-electron chi connectivity index (χ4n) is 9.71. The van der Waals surface area contributed by atoms with Crippen molar-refractivity contribution in [2.24, 2.45) is 0 Å². The molecule has 0 N–H and O–H groups in total. The summed E-state index contributed by atoms with van der Waals surface area (Å²) >= 11 is 0. The van der Waals surface area contributed by atoms with Gasteiger partial charge >= 0.3 is 0 Å². The molecule has 4 nitrogen and oxygen atoms in total. The maximum Gasteiger partial charge on any atom is 0.126 e. The number of epoxide rings is 2. The van der Waals surface area contributed by atoms with Crippen LogP contribution in [0.2, 0.25) is 0 Å². The predicted molar refractivity (Wildman–Crippen MR) is 263 cm³/mol. The lowest BCUT2D eigenvalue weighted by atomic mass is 9.67. The Morgan fingerprint density at radius 3 is 0.918 bits per heavy atom. The third-order valence-corrected chi connectivity index (χ3v) is 14.8. The molecule has 2 saturated heterocycles. The van der Waals surface area contributed by atoms with E-state index in [0.29, 0.717) is 12.2 Å². The zero-order chi connectivity index (χ0) is 44.9. The molecular formula is C57H96O4. The van der Waals surface area contributed by atoms with E-state index in [4.69, 9.17) is 18.9 Å². The van der Waals surface area contributed by atoms with Gasteiger partial charge in [0.15, 0.2) is 0 Å². The Labute approximate surface area is 377 Å². The van der Waals surface area contributed by atoms with Gasteiger partial charge in [-0.1, -0.05) is 198 Å². The summed E-state index contributed by atoms with van der Waals surface area (Å²) in [6, 6.07) is 10.4. The van der Waals surface area contributed by atoms with Gasteiger partial charge in [-0.2, -0.15) is 0 Å². The molecule has 0 aliphatic carbocycles. The number of benzene rings is 2. The summed E-state index contributed by atoms with van der Waals surface area (Å²) in [6.07, 6.45) is 24.6. The van der Waals surface area contributed by atoms with Crippen LogP contribution in [0.1, 0.15) is 259 Å². The third-order valence-electron chi connectivity index (χ3n) is 14.8. The maximum absolute atomic E-state index is 7.13. The van der Waals surface area contributed by atoms with Gasteiger partial charge in [0.05, 0.1) is 38.6 Å². The minimum absolute atomic E-state index is 0.0352. The van der Waals surface area contributed by atoms with E-state index in [0.717, 1.165) is 89.3 Å². The Kier molecular flexibility index (Phi) is 19.7. The first-order chi connectivity index (χ1) is 28.8. The molecule has 2 atom stereocenters. The van der Waals surface area contributed by atoms with Crippen molar-refractivity contribution in [2.75, 3.05) is 26.4 Å². The summed E-state index contributed by atoms with van der Waals surface area (Å²) in [6.45, 7) is 37.5. The minimum Gasteiger partial charge on any atom is -0.493 e. The highest BCUT2D eigenvalue weighted by atomic mass is 16.6. The van der Waals surface area contributed by atoms with Gasteiger partial charge in [-0.25, -0.2) is 0 Å². The lowest BCUT2D eigenvalue weighted by Crippen LogP contribution is -2.29. The minimum atomic E-state index is -0.269. The predicted octanol–water partition coefficient (Wildman–Crippen LogP) is 16.6. The largest absolute Gasteiger partial charge is 0.493 e. The summed E-state index contributed by atoms with van der Waals surface area (Å²) < 4.78 is 25.5. The molecule has 4 heteroatoms.